The molecule has 0 radical (unpaired) electrons. The van der Waals surface area contributed by atoms with E-state index in [1.165, 1.54) is 13.8 Å². The van der Waals surface area contributed by atoms with E-state index in [-0.39, 0.29) is 10.8 Å². The fraction of sp³-hybridized carbons (Fsp3) is 0.500. The van der Waals surface area contributed by atoms with E-state index in [2.05, 4.69) is 0 Å². The van der Waals surface area contributed by atoms with Crippen molar-refractivity contribution >= 4 is 20.3 Å². The van der Waals surface area contributed by atoms with Gasteiger partial charge in [-0.05, 0) is 13.8 Å². The summed E-state index contributed by atoms with van der Waals surface area (Å²) >= 11 is 0. The summed E-state index contributed by atoms with van der Waals surface area (Å²) in [5.74, 6) is 0. The summed E-state index contributed by atoms with van der Waals surface area (Å²) in [5, 5.41) is 0.153. The van der Waals surface area contributed by atoms with Gasteiger partial charge in [0.05, 0.1) is 0 Å². The first-order chi connectivity index (χ1) is 3.13. The summed E-state index contributed by atoms with van der Waals surface area (Å²) in [6.45, 7) is 2.93. The molecule has 0 spiro atoms. The highest BCUT2D eigenvalue weighted by atomic mass is 28.2. The van der Waals surface area contributed by atoms with Crippen molar-refractivity contribution in [3.8, 4) is 0 Å². The van der Waals surface area contributed by atoms with E-state index in [0.29, 0.717) is 0 Å². The number of hydrogen-bond donors (Lipinski definition) is 0. The average molecular weight is 116 g/mol. The summed E-state index contributed by atoms with van der Waals surface area (Å²) in [6, 6.07) is 0. The van der Waals surface area contributed by atoms with E-state index < -0.39 is 9.52 Å². The van der Waals surface area contributed by atoms with Crippen molar-refractivity contribution in [1.82, 2.24) is 0 Å². The van der Waals surface area contributed by atoms with Gasteiger partial charge in [-0.1, -0.05) is 0 Å². The Bertz CT molecular complexity index is 85.9. The van der Waals surface area contributed by atoms with Gasteiger partial charge in [0.25, 0.3) is 0 Å². The minimum Gasteiger partial charge on any atom is -0.306 e. The molecule has 0 aliphatic rings. The van der Waals surface area contributed by atoms with E-state index in [9.17, 15) is 9.59 Å². The molecular formula is C4H8O2Si. The second kappa shape index (κ2) is 2.68. The van der Waals surface area contributed by atoms with E-state index >= 15 is 0 Å². The predicted molar refractivity (Wildman–Crippen MR) is 29.9 cm³/mol. The summed E-state index contributed by atoms with van der Waals surface area (Å²) in [7, 11) is -0.997. The molecule has 0 saturated heterocycles. The first-order valence-electron chi connectivity index (χ1n) is 2.12. The number of carbonyl (C=O) groups is 2. The third-order valence-corrected chi connectivity index (χ3v) is 1.49. The van der Waals surface area contributed by atoms with Crippen molar-refractivity contribution in [2.75, 3.05) is 0 Å². The van der Waals surface area contributed by atoms with Crippen LogP contribution in [0.5, 0.6) is 0 Å². The zero-order chi connectivity index (χ0) is 5.86. The van der Waals surface area contributed by atoms with Crippen molar-refractivity contribution in [2.45, 2.75) is 13.8 Å². The van der Waals surface area contributed by atoms with Gasteiger partial charge >= 0.3 is 0 Å². The molecule has 0 bridgehead atoms. The van der Waals surface area contributed by atoms with Crippen LogP contribution in [0.1, 0.15) is 13.8 Å². The van der Waals surface area contributed by atoms with Crippen LogP contribution in [0.3, 0.4) is 0 Å². The summed E-state index contributed by atoms with van der Waals surface area (Å²) in [5.41, 5.74) is 0. The van der Waals surface area contributed by atoms with Crippen molar-refractivity contribution < 1.29 is 9.59 Å². The lowest BCUT2D eigenvalue weighted by molar-refractivity contribution is -0.113. The summed E-state index contributed by atoms with van der Waals surface area (Å²) in [6.07, 6.45) is 0. The van der Waals surface area contributed by atoms with Crippen LogP contribution >= 0.6 is 0 Å². The molecule has 0 atom stereocenters. The number of hydrogen-bond acceptors (Lipinski definition) is 2. The lowest BCUT2D eigenvalue weighted by Crippen LogP contribution is -2.12. The largest absolute Gasteiger partial charge is 0.306 e. The first-order valence-corrected chi connectivity index (χ1v) is 3.53. The van der Waals surface area contributed by atoms with Crippen LogP contribution in [0, 0.1) is 0 Å². The monoisotopic (exact) mass is 116 g/mol. The van der Waals surface area contributed by atoms with Gasteiger partial charge in [0, 0.05) is 0 Å². The molecule has 0 aliphatic carbocycles. The third-order valence-electron chi connectivity index (χ3n) is 0.498. The quantitative estimate of drug-likeness (QED) is 0.445. The van der Waals surface area contributed by atoms with E-state index in [1.807, 2.05) is 0 Å². The van der Waals surface area contributed by atoms with Crippen molar-refractivity contribution in [2.24, 2.45) is 0 Å². The topological polar surface area (TPSA) is 34.1 Å². The van der Waals surface area contributed by atoms with E-state index in [1.54, 1.807) is 0 Å². The zero-order valence-electron chi connectivity index (χ0n) is 4.52. The van der Waals surface area contributed by atoms with Gasteiger partial charge in [-0.15, -0.1) is 0 Å². The maximum Gasteiger partial charge on any atom is 0.177 e. The van der Waals surface area contributed by atoms with Gasteiger partial charge in [-0.25, -0.2) is 0 Å². The normalized spacial score (nSPS) is 8.29. The Labute approximate surface area is 44.7 Å². The second-order valence-corrected chi connectivity index (χ2v) is 3.93. The lowest BCUT2D eigenvalue weighted by atomic mass is 10.9. The Morgan fingerprint density at radius 2 is 1.43 bits per heavy atom. The second-order valence-electron chi connectivity index (χ2n) is 1.58. The molecule has 0 aromatic carbocycles. The third kappa shape index (κ3) is 5.56. The fourth-order valence-electron chi connectivity index (χ4n) is 0.351. The fourth-order valence-corrected chi connectivity index (χ4v) is 1.05. The molecule has 0 aromatic rings. The lowest BCUT2D eigenvalue weighted by Gasteiger charge is -1.80. The van der Waals surface area contributed by atoms with Gasteiger partial charge < -0.3 is 9.59 Å². The Hall–Kier alpha value is -0.443. The minimum absolute atomic E-state index is 0.0764. The highest BCUT2D eigenvalue weighted by Gasteiger charge is 1.96. The highest BCUT2D eigenvalue weighted by Crippen LogP contribution is 1.65. The van der Waals surface area contributed by atoms with Crippen LogP contribution in [0.2, 0.25) is 0 Å². The van der Waals surface area contributed by atoms with Gasteiger partial charge in [0.2, 0.25) is 0 Å². The average Bonchev–Trinajstić information content (AvgIpc) is 1.27. The standard InChI is InChI=1S/C4H8O2Si/c1-3(5)7-4(2)6/h7H2,1-2H3. The Morgan fingerprint density at radius 1 is 1.14 bits per heavy atom. The molecule has 0 N–H and O–H groups in total. The van der Waals surface area contributed by atoms with Gasteiger partial charge in [0.15, 0.2) is 9.52 Å². The van der Waals surface area contributed by atoms with Crippen molar-refractivity contribution in [3.63, 3.8) is 0 Å². The van der Waals surface area contributed by atoms with Crippen LogP contribution in [0.25, 0.3) is 0 Å². The maximum atomic E-state index is 10.1. The van der Waals surface area contributed by atoms with E-state index in [4.69, 9.17) is 0 Å². The highest BCUT2D eigenvalue weighted by molar-refractivity contribution is 6.96. The van der Waals surface area contributed by atoms with Gasteiger partial charge in [0.1, 0.15) is 10.8 Å². The van der Waals surface area contributed by atoms with E-state index in [0.717, 1.165) is 0 Å². The van der Waals surface area contributed by atoms with Crippen molar-refractivity contribution in [3.05, 3.63) is 0 Å². The SMILES string of the molecule is CC(=O)[SiH2]C(C)=O. The molecule has 40 valence electrons. The summed E-state index contributed by atoms with van der Waals surface area (Å²) in [4.78, 5) is 20.2. The molecule has 0 aromatic heterocycles. The Balaban J connectivity index is 3.32. The van der Waals surface area contributed by atoms with Crippen LogP contribution in [-0.2, 0) is 9.59 Å². The molecular weight excluding hydrogens is 108 g/mol. The van der Waals surface area contributed by atoms with Crippen LogP contribution in [0.4, 0.5) is 0 Å². The maximum absolute atomic E-state index is 10.1. The first kappa shape index (κ1) is 6.56. The molecule has 7 heavy (non-hydrogen) atoms. The number of carbonyl (C=O) groups excluding carboxylic acids is 2. The summed E-state index contributed by atoms with van der Waals surface area (Å²) < 4.78 is 0. The molecule has 0 rings (SSSR count). The molecule has 0 unspecified atom stereocenters. The smallest absolute Gasteiger partial charge is 0.177 e. The van der Waals surface area contributed by atoms with Gasteiger partial charge in [-0.2, -0.15) is 0 Å². The number of rotatable bonds is 2. The zero-order valence-corrected chi connectivity index (χ0v) is 5.94. The Morgan fingerprint density at radius 3 is 1.43 bits per heavy atom. The molecule has 0 heterocycles. The Kier molecular flexibility index (Phi) is 2.51. The molecule has 3 heteroatoms. The van der Waals surface area contributed by atoms with Crippen LogP contribution in [-0.4, -0.2) is 20.3 Å². The molecule has 0 aliphatic heterocycles. The van der Waals surface area contributed by atoms with Crippen LogP contribution < -0.4 is 0 Å². The molecule has 0 fully saturated rings. The predicted octanol–water partition coefficient (Wildman–Crippen LogP) is -0.752. The van der Waals surface area contributed by atoms with Crippen molar-refractivity contribution in [1.29, 1.82) is 0 Å². The molecule has 0 amide bonds. The van der Waals surface area contributed by atoms with Crippen LogP contribution in [0.15, 0.2) is 0 Å². The van der Waals surface area contributed by atoms with Gasteiger partial charge in [-0.3, -0.25) is 0 Å². The minimum atomic E-state index is -0.997. The molecule has 0 saturated carbocycles. The molecule has 2 nitrogen and oxygen atoms in total.